The van der Waals surface area contributed by atoms with Crippen molar-refractivity contribution >= 4 is 0 Å². The molecule has 2 aliphatic carbocycles. The van der Waals surface area contributed by atoms with Crippen molar-refractivity contribution in [1.82, 2.24) is 0 Å². The van der Waals surface area contributed by atoms with Gasteiger partial charge < -0.3 is 0 Å². The van der Waals surface area contributed by atoms with Crippen molar-refractivity contribution in [1.29, 1.82) is 0 Å². The highest BCUT2D eigenvalue weighted by molar-refractivity contribution is 5.43. The minimum Gasteiger partial charge on any atom is -0.0582 e. The average Bonchev–Trinajstić information content (AvgIpc) is 2.82. The van der Waals surface area contributed by atoms with Crippen LogP contribution >= 0.6 is 0 Å². The van der Waals surface area contributed by atoms with Crippen molar-refractivity contribution in [2.24, 2.45) is 5.41 Å². The van der Waals surface area contributed by atoms with Crippen LogP contribution in [0, 0.1) is 5.41 Å². The van der Waals surface area contributed by atoms with Gasteiger partial charge in [-0.2, -0.15) is 0 Å². The fourth-order valence-electron chi connectivity index (χ4n) is 7.64. The van der Waals surface area contributed by atoms with Gasteiger partial charge in [0.05, 0.1) is 0 Å². The molecule has 2 aromatic rings. The van der Waals surface area contributed by atoms with E-state index in [-0.39, 0.29) is 21.7 Å². The molecule has 2 aliphatic rings. The summed E-state index contributed by atoms with van der Waals surface area (Å²) in [6.45, 7) is 28.5. The van der Waals surface area contributed by atoms with E-state index >= 15 is 0 Å². The van der Waals surface area contributed by atoms with E-state index in [1.807, 2.05) is 0 Å². The fraction of sp³-hybridized carbons (Fsp3) is 0.692. The molecule has 2 aromatic carbocycles. The van der Waals surface area contributed by atoms with Gasteiger partial charge in [0.15, 0.2) is 0 Å². The molecule has 1 spiro atoms. The van der Waals surface area contributed by atoms with Crippen molar-refractivity contribution in [3.63, 3.8) is 0 Å². The second-order valence-electron chi connectivity index (χ2n) is 17.7. The molecule has 0 radical (unpaired) electrons. The topological polar surface area (TPSA) is 0 Å². The Morgan fingerprint density at radius 2 is 0.769 bits per heavy atom. The molecule has 0 aromatic heterocycles. The summed E-state index contributed by atoms with van der Waals surface area (Å²) in [5.41, 5.74) is 10.8. The molecule has 0 atom stereocenters. The summed E-state index contributed by atoms with van der Waals surface area (Å²) < 4.78 is 0. The van der Waals surface area contributed by atoms with Gasteiger partial charge in [0.2, 0.25) is 0 Å². The van der Waals surface area contributed by atoms with Crippen molar-refractivity contribution in [3.05, 3.63) is 69.8 Å². The second-order valence-corrected chi connectivity index (χ2v) is 17.7. The van der Waals surface area contributed by atoms with Crippen LogP contribution in [-0.4, -0.2) is 0 Å². The normalized spacial score (nSPS) is 25.2. The maximum absolute atomic E-state index is 2.54. The molecule has 0 saturated heterocycles. The van der Waals surface area contributed by atoms with Gasteiger partial charge >= 0.3 is 0 Å². The van der Waals surface area contributed by atoms with Crippen LogP contribution in [-0.2, 0) is 21.7 Å². The highest BCUT2D eigenvalue weighted by Gasteiger charge is 2.40. The Kier molecular flexibility index (Phi) is 8.08. The van der Waals surface area contributed by atoms with Crippen LogP contribution in [0.2, 0.25) is 0 Å². The zero-order valence-electron chi connectivity index (χ0n) is 27.8. The van der Waals surface area contributed by atoms with Crippen LogP contribution in [0.5, 0.6) is 0 Å². The lowest BCUT2D eigenvalue weighted by Crippen LogP contribution is -2.32. The van der Waals surface area contributed by atoms with Gasteiger partial charge in [-0.3, -0.25) is 0 Å². The van der Waals surface area contributed by atoms with E-state index in [0.29, 0.717) is 5.41 Å². The lowest BCUT2D eigenvalue weighted by molar-refractivity contribution is 0.104. The van der Waals surface area contributed by atoms with E-state index in [1.54, 1.807) is 22.3 Å². The Morgan fingerprint density at radius 1 is 0.462 bits per heavy atom. The Labute approximate surface area is 242 Å². The predicted molar refractivity (Wildman–Crippen MR) is 173 cm³/mol. The Balaban J connectivity index is 1.48. The van der Waals surface area contributed by atoms with Gasteiger partial charge in [-0.25, -0.2) is 0 Å². The number of hydrogen-bond donors (Lipinski definition) is 0. The third kappa shape index (κ3) is 6.68. The first-order valence-corrected chi connectivity index (χ1v) is 16.1. The first-order chi connectivity index (χ1) is 17.8. The summed E-state index contributed by atoms with van der Waals surface area (Å²) >= 11 is 0. The number of benzene rings is 2. The maximum Gasteiger partial charge on any atom is -0.0129 e. The molecular formula is C39H60. The Morgan fingerprint density at radius 3 is 1.03 bits per heavy atom. The third-order valence-electron chi connectivity index (χ3n) is 10.4. The van der Waals surface area contributed by atoms with Crippen LogP contribution in [0.1, 0.15) is 180 Å². The van der Waals surface area contributed by atoms with Crippen molar-refractivity contribution in [3.8, 4) is 0 Å². The summed E-state index contributed by atoms with van der Waals surface area (Å²) in [5, 5.41) is 0. The molecule has 0 heterocycles. The van der Waals surface area contributed by atoms with Gasteiger partial charge in [-0.05, 0) is 124 Å². The molecule has 2 saturated carbocycles. The highest BCUT2D eigenvalue weighted by atomic mass is 14.5. The van der Waals surface area contributed by atoms with Gasteiger partial charge in [-0.15, -0.1) is 0 Å². The van der Waals surface area contributed by atoms with E-state index in [1.165, 1.54) is 62.5 Å². The van der Waals surface area contributed by atoms with Crippen LogP contribution in [0.4, 0.5) is 0 Å². The highest BCUT2D eigenvalue weighted by Crippen LogP contribution is 2.55. The summed E-state index contributed by atoms with van der Waals surface area (Å²) in [6, 6.07) is 15.0. The largest absolute Gasteiger partial charge is 0.0582 e. The van der Waals surface area contributed by atoms with E-state index in [0.717, 1.165) is 11.8 Å². The van der Waals surface area contributed by atoms with E-state index < -0.39 is 0 Å². The average molecular weight is 529 g/mol. The van der Waals surface area contributed by atoms with Crippen LogP contribution in [0.15, 0.2) is 36.4 Å². The zero-order chi connectivity index (χ0) is 29.0. The van der Waals surface area contributed by atoms with Gasteiger partial charge in [-0.1, -0.05) is 119 Å². The van der Waals surface area contributed by atoms with Crippen LogP contribution in [0.3, 0.4) is 0 Å². The third-order valence-corrected chi connectivity index (χ3v) is 10.4. The van der Waals surface area contributed by atoms with Crippen LogP contribution in [0.25, 0.3) is 0 Å². The molecule has 2 fully saturated rings. The molecule has 216 valence electrons. The molecule has 0 bridgehead atoms. The van der Waals surface area contributed by atoms with Crippen LogP contribution < -0.4 is 0 Å². The SMILES string of the molecule is CC(C)(C)c1ccc(C2CCC3(CC2)CCC(c2ccc(C(C)(C)C)cc2C(C)(C)C)CC3)c(C(C)(C)C)c1. The minimum atomic E-state index is 0.192. The zero-order valence-corrected chi connectivity index (χ0v) is 27.8. The van der Waals surface area contributed by atoms with E-state index in [9.17, 15) is 0 Å². The first-order valence-electron chi connectivity index (χ1n) is 16.1. The predicted octanol–water partition coefficient (Wildman–Crippen LogP) is 11.9. The van der Waals surface area contributed by atoms with Crippen molar-refractivity contribution in [2.75, 3.05) is 0 Å². The molecule has 39 heavy (non-hydrogen) atoms. The maximum atomic E-state index is 2.54. The lowest BCUT2D eigenvalue weighted by Gasteiger charge is -2.46. The van der Waals surface area contributed by atoms with E-state index in [4.69, 9.17) is 0 Å². The standard InChI is InChI=1S/C39H60/c1-35(2,3)29-13-15-31(33(25-29)37(7,8)9)27-17-21-39(22-18-27)23-19-28(20-24-39)32-16-14-30(36(4,5)6)26-34(32)38(10,11)12/h13-16,25-28H,17-24H2,1-12H3. The second kappa shape index (κ2) is 10.4. The smallest absolute Gasteiger partial charge is 0.0129 e. The number of hydrogen-bond acceptors (Lipinski definition) is 0. The summed E-state index contributed by atoms with van der Waals surface area (Å²) in [6.07, 6.45) is 11.2. The summed E-state index contributed by atoms with van der Waals surface area (Å²) in [4.78, 5) is 0. The molecule has 4 rings (SSSR count). The minimum absolute atomic E-state index is 0.192. The van der Waals surface area contributed by atoms with Gasteiger partial charge in [0.25, 0.3) is 0 Å². The molecule has 0 N–H and O–H groups in total. The molecule has 0 heteroatoms. The Bertz CT molecular complexity index is 1040. The summed E-state index contributed by atoms with van der Waals surface area (Å²) in [7, 11) is 0. The fourth-order valence-corrected chi connectivity index (χ4v) is 7.64. The van der Waals surface area contributed by atoms with Gasteiger partial charge in [0.1, 0.15) is 0 Å². The summed E-state index contributed by atoms with van der Waals surface area (Å²) in [5.74, 6) is 1.46. The monoisotopic (exact) mass is 528 g/mol. The van der Waals surface area contributed by atoms with Gasteiger partial charge in [0, 0.05) is 0 Å². The van der Waals surface area contributed by atoms with E-state index in [2.05, 4.69) is 119 Å². The van der Waals surface area contributed by atoms with Crippen molar-refractivity contribution < 1.29 is 0 Å². The quantitative estimate of drug-likeness (QED) is 0.363. The molecule has 0 aliphatic heterocycles. The Hall–Kier alpha value is -1.56. The molecular weight excluding hydrogens is 468 g/mol. The lowest BCUT2D eigenvalue weighted by atomic mass is 9.59. The molecule has 0 nitrogen and oxygen atoms in total. The first kappa shape index (κ1) is 30.4. The molecule has 0 amide bonds. The molecule has 0 unspecified atom stereocenters. The number of rotatable bonds is 2. The van der Waals surface area contributed by atoms with Crippen molar-refractivity contribution in [2.45, 2.75) is 168 Å².